The standard InChI is InChI=1S/C21H30N2O2/c1-16-7-11-23(12-8-16)21(25)18-9-13-22(14-10-18)20(24)15-19-6-4-3-5-17(19)2/h3-6,16,18H,7-15H2,1-2H3. The van der Waals surface area contributed by atoms with Crippen LogP contribution in [0.25, 0.3) is 0 Å². The minimum atomic E-state index is 0.107. The van der Waals surface area contributed by atoms with Gasteiger partial charge in [-0.05, 0) is 49.7 Å². The van der Waals surface area contributed by atoms with Gasteiger partial charge in [-0.2, -0.15) is 0 Å². The molecule has 0 unspecified atom stereocenters. The molecule has 0 N–H and O–H groups in total. The van der Waals surface area contributed by atoms with Crippen LogP contribution in [-0.2, 0) is 16.0 Å². The van der Waals surface area contributed by atoms with Crippen LogP contribution in [0.3, 0.4) is 0 Å². The molecule has 4 heteroatoms. The number of carbonyl (C=O) groups excluding carboxylic acids is 2. The van der Waals surface area contributed by atoms with Gasteiger partial charge in [-0.15, -0.1) is 0 Å². The fourth-order valence-corrected chi connectivity index (χ4v) is 3.95. The van der Waals surface area contributed by atoms with Gasteiger partial charge >= 0.3 is 0 Å². The zero-order valence-corrected chi connectivity index (χ0v) is 15.5. The second-order valence-electron chi connectivity index (χ2n) is 7.77. The van der Waals surface area contributed by atoms with Crippen LogP contribution in [0.5, 0.6) is 0 Å². The molecule has 1 aromatic rings. The van der Waals surface area contributed by atoms with E-state index in [1.807, 2.05) is 36.1 Å². The number of hydrogen-bond donors (Lipinski definition) is 0. The third kappa shape index (κ3) is 4.42. The zero-order chi connectivity index (χ0) is 17.8. The van der Waals surface area contributed by atoms with Gasteiger partial charge in [0.25, 0.3) is 0 Å². The first-order valence-electron chi connectivity index (χ1n) is 9.65. The summed E-state index contributed by atoms with van der Waals surface area (Å²) in [6, 6.07) is 8.07. The van der Waals surface area contributed by atoms with Gasteiger partial charge in [-0.25, -0.2) is 0 Å². The molecule has 1 aromatic carbocycles. The number of aryl methyl sites for hydroxylation is 1. The van der Waals surface area contributed by atoms with Crippen LogP contribution in [0.2, 0.25) is 0 Å². The van der Waals surface area contributed by atoms with Gasteiger partial charge < -0.3 is 9.80 Å². The van der Waals surface area contributed by atoms with E-state index in [1.54, 1.807) is 0 Å². The van der Waals surface area contributed by atoms with Crippen LogP contribution in [-0.4, -0.2) is 47.8 Å². The SMILES string of the molecule is Cc1ccccc1CC(=O)N1CCC(C(=O)N2CCC(C)CC2)CC1. The molecule has 0 radical (unpaired) electrons. The van der Waals surface area contributed by atoms with Gasteiger partial charge in [-0.3, -0.25) is 9.59 Å². The number of hydrogen-bond acceptors (Lipinski definition) is 2. The molecule has 0 spiro atoms. The van der Waals surface area contributed by atoms with E-state index < -0.39 is 0 Å². The van der Waals surface area contributed by atoms with Crippen molar-refractivity contribution in [2.75, 3.05) is 26.2 Å². The molecule has 2 amide bonds. The highest BCUT2D eigenvalue weighted by molar-refractivity contribution is 5.81. The summed E-state index contributed by atoms with van der Waals surface area (Å²) in [5.74, 6) is 1.35. The normalized spacial score (nSPS) is 19.9. The highest BCUT2D eigenvalue weighted by atomic mass is 16.2. The van der Waals surface area contributed by atoms with E-state index in [0.717, 1.165) is 50.3 Å². The molecule has 0 atom stereocenters. The van der Waals surface area contributed by atoms with Gasteiger partial charge in [0.1, 0.15) is 0 Å². The van der Waals surface area contributed by atoms with Gasteiger partial charge in [0.15, 0.2) is 0 Å². The van der Waals surface area contributed by atoms with Crippen molar-refractivity contribution in [3.8, 4) is 0 Å². The van der Waals surface area contributed by atoms with Crippen LogP contribution in [0.4, 0.5) is 0 Å². The molecule has 2 fully saturated rings. The Morgan fingerprint density at radius 2 is 1.56 bits per heavy atom. The molecular weight excluding hydrogens is 312 g/mol. The van der Waals surface area contributed by atoms with Crippen LogP contribution in [0.1, 0.15) is 43.7 Å². The Bertz CT molecular complexity index is 612. The number of amides is 2. The summed E-state index contributed by atoms with van der Waals surface area (Å²) in [6.07, 6.45) is 4.34. The Labute approximate surface area is 151 Å². The zero-order valence-electron chi connectivity index (χ0n) is 15.5. The monoisotopic (exact) mass is 342 g/mol. The average molecular weight is 342 g/mol. The van der Waals surface area contributed by atoms with Gasteiger partial charge in [0.05, 0.1) is 6.42 Å². The highest BCUT2D eigenvalue weighted by Gasteiger charge is 2.31. The third-order valence-electron chi connectivity index (χ3n) is 5.90. The first-order valence-corrected chi connectivity index (χ1v) is 9.65. The Hall–Kier alpha value is -1.84. The third-order valence-corrected chi connectivity index (χ3v) is 5.90. The van der Waals surface area contributed by atoms with E-state index in [-0.39, 0.29) is 11.8 Å². The summed E-state index contributed by atoms with van der Waals surface area (Å²) in [4.78, 5) is 29.2. The molecule has 25 heavy (non-hydrogen) atoms. The van der Waals surface area contributed by atoms with Crippen molar-refractivity contribution < 1.29 is 9.59 Å². The maximum atomic E-state index is 12.7. The molecule has 3 rings (SSSR count). The predicted molar refractivity (Wildman–Crippen MR) is 99.2 cm³/mol. The van der Waals surface area contributed by atoms with E-state index in [4.69, 9.17) is 0 Å². The van der Waals surface area contributed by atoms with Crippen LogP contribution >= 0.6 is 0 Å². The summed E-state index contributed by atoms with van der Waals surface area (Å²) in [5, 5.41) is 0. The smallest absolute Gasteiger partial charge is 0.226 e. The number of carbonyl (C=O) groups is 2. The molecule has 2 aliphatic rings. The molecule has 136 valence electrons. The van der Waals surface area contributed by atoms with Gasteiger partial charge in [-0.1, -0.05) is 31.2 Å². The summed E-state index contributed by atoms with van der Waals surface area (Å²) in [6.45, 7) is 7.56. The Morgan fingerprint density at radius 1 is 0.960 bits per heavy atom. The molecule has 0 aromatic heterocycles. The van der Waals surface area contributed by atoms with Crippen molar-refractivity contribution in [2.45, 2.75) is 46.0 Å². The lowest BCUT2D eigenvalue weighted by molar-refractivity contribution is -0.141. The first-order chi connectivity index (χ1) is 12.0. The Morgan fingerprint density at radius 3 is 2.20 bits per heavy atom. The van der Waals surface area contributed by atoms with E-state index in [1.165, 1.54) is 5.56 Å². The summed E-state index contributed by atoms with van der Waals surface area (Å²) < 4.78 is 0. The molecular formula is C21H30N2O2. The number of piperidine rings is 2. The second kappa shape index (κ2) is 8.03. The van der Waals surface area contributed by atoms with Crippen LogP contribution in [0.15, 0.2) is 24.3 Å². The van der Waals surface area contributed by atoms with Gasteiger partial charge in [0.2, 0.25) is 11.8 Å². The minimum absolute atomic E-state index is 0.107. The number of nitrogens with zero attached hydrogens (tertiary/aromatic N) is 2. The molecule has 2 aliphatic heterocycles. The van der Waals surface area contributed by atoms with Crippen molar-refractivity contribution in [1.29, 1.82) is 0 Å². The van der Waals surface area contributed by atoms with Crippen molar-refractivity contribution >= 4 is 11.8 Å². The second-order valence-corrected chi connectivity index (χ2v) is 7.77. The van der Waals surface area contributed by atoms with Crippen LogP contribution < -0.4 is 0 Å². The highest BCUT2D eigenvalue weighted by Crippen LogP contribution is 2.24. The van der Waals surface area contributed by atoms with Crippen molar-refractivity contribution in [1.82, 2.24) is 9.80 Å². The maximum absolute atomic E-state index is 12.7. The summed E-state index contributed by atoms with van der Waals surface area (Å²) in [5.41, 5.74) is 2.27. The molecule has 4 nitrogen and oxygen atoms in total. The summed E-state index contributed by atoms with van der Waals surface area (Å²) >= 11 is 0. The lowest BCUT2D eigenvalue weighted by Crippen LogP contribution is -2.46. The molecule has 0 saturated carbocycles. The lowest BCUT2D eigenvalue weighted by Gasteiger charge is -2.36. The molecule has 2 saturated heterocycles. The van der Waals surface area contributed by atoms with E-state index in [9.17, 15) is 9.59 Å². The minimum Gasteiger partial charge on any atom is -0.342 e. The number of rotatable bonds is 3. The topological polar surface area (TPSA) is 40.6 Å². The van der Waals surface area contributed by atoms with Crippen molar-refractivity contribution in [2.24, 2.45) is 11.8 Å². The maximum Gasteiger partial charge on any atom is 0.226 e. The van der Waals surface area contributed by atoms with E-state index in [0.29, 0.717) is 25.4 Å². The molecule has 2 heterocycles. The Kier molecular flexibility index (Phi) is 5.77. The predicted octanol–water partition coefficient (Wildman–Crippen LogP) is 3.03. The van der Waals surface area contributed by atoms with Crippen LogP contribution in [0, 0.1) is 18.8 Å². The van der Waals surface area contributed by atoms with Crippen molar-refractivity contribution in [3.63, 3.8) is 0 Å². The van der Waals surface area contributed by atoms with Gasteiger partial charge in [0, 0.05) is 32.1 Å². The average Bonchev–Trinajstić information content (AvgIpc) is 2.64. The first kappa shape index (κ1) is 18.0. The lowest BCUT2D eigenvalue weighted by atomic mass is 9.92. The molecule has 0 bridgehead atoms. The molecule has 0 aliphatic carbocycles. The largest absolute Gasteiger partial charge is 0.342 e. The van der Waals surface area contributed by atoms with E-state index in [2.05, 4.69) is 11.8 Å². The Balaban J connectivity index is 1.49. The van der Waals surface area contributed by atoms with E-state index >= 15 is 0 Å². The summed E-state index contributed by atoms with van der Waals surface area (Å²) in [7, 11) is 0. The number of benzene rings is 1. The van der Waals surface area contributed by atoms with Crippen molar-refractivity contribution in [3.05, 3.63) is 35.4 Å². The quantitative estimate of drug-likeness (QED) is 0.847. The number of likely N-dealkylation sites (tertiary alicyclic amines) is 2. The fraction of sp³-hybridized carbons (Fsp3) is 0.619. The fourth-order valence-electron chi connectivity index (χ4n) is 3.95.